The molecule has 7 nitrogen and oxygen atoms in total. The molecule has 4 aromatic rings. The third kappa shape index (κ3) is 3.97. The predicted octanol–water partition coefficient (Wildman–Crippen LogP) is 2.54. The normalized spacial score (nSPS) is 15.0. The number of carbonyl (C=O) groups excluding carboxylic acids is 1. The van der Waals surface area contributed by atoms with Gasteiger partial charge in [0.2, 0.25) is 0 Å². The van der Waals surface area contributed by atoms with Crippen LogP contribution in [0, 0.1) is 0 Å². The minimum atomic E-state index is 0.108. The summed E-state index contributed by atoms with van der Waals surface area (Å²) in [5.74, 6) is 0.108. The molecule has 0 radical (unpaired) electrons. The fourth-order valence-corrected chi connectivity index (χ4v) is 3.93. The summed E-state index contributed by atoms with van der Waals surface area (Å²) in [7, 11) is 0. The summed E-state index contributed by atoms with van der Waals surface area (Å²) in [6.45, 7) is 4.77. The largest absolute Gasteiger partial charge is 0.336 e. The third-order valence-electron chi connectivity index (χ3n) is 5.59. The SMILES string of the molecule is O=C(c1ccc(Cn2ccnc2)cc1)N1CCN(Cc2cc3ccccn3n2)CC1. The fourth-order valence-electron chi connectivity index (χ4n) is 3.93. The maximum absolute atomic E-state index is 12.9. The predicted molar refractivity (Wildman–Crippen MR) is 114 cm³/mol. The van der Waals surface area contributed by atoms with Crippen molar-refractivity contribution in [1.29, 1.82) is 0 Å². The summed E-state index contributed by atoms with van der Waals surface area (Å²) < 4.78 is 3.92. The maximum atomic E-state index is 12.9. The van der Waals surface area contributed by atoms with Gasteiger partial charge < -0.3 is 9.47 Å². The van der Waals surface area contributed by atoms with Gasteiger partial charge in [-0.2, -0.15) is 5.10 Å². The minimum Gasteiger partial charge on any atom is -0.336 e. The van der Waals surface area contributed by atoms with Crippen LogP contribution in [-0.4, -0.2) is 61.1 Å². The van der Waals surface area contributed by atoms with Gasteiger partial charge in [0.05, 0.1) is 17.5 Å². The van der Waals surface area contributed by atoms with E-state index >= 15 is 0 Å². The van der Waals surface area contributed by atoms with E-state index in [-0.39, 0.29) is 5.91 Å². The van der Waals surface area contributed by atoms with E-state index in [4.69, 9.17) is 0 Å². The molecule has 0 atom stereocenters. The van der Waals surface area contributed by atoms with Crippen molar-refractivity contribution in [3.63, 3.8) is 0 Å². The molecule has 1 aliphatic rings. The summed E-state index contributed by atoms with van der Waals surface area (Å²) in [5.41, 5.74) is 4.08. The van der Waals surface area contributed by atoms with E-state index < -0.39 is 0 Å². The van der Waals surface area contributed by atoms with Crippen molar-refractivity contribution in [3.05, 3.63) is 90.3 Å². The van der Waals surface area contributed by atoms with E-state index in [0.717, 1.165) is 61.6 Å². The van der Waals surface area contributed by atoms with Crippen molar-refractivity contribution in [1.82, 2.24) is 29.0 Å². The average molecular weight is 400 g/mol. The smallest absolute Gasteiger partial charge is 0.253 e. The van der Waals surface area contributed by atoms with Crippen LogP contribution >= 0.6 is 0 Å². The van der Waals surface area contributed by atoms with Gasteiger partial charge in [-0.05, 0) is 35.9 Å². The molecule has 7 heteroatoms. The Morgan fingerprint density at radius 1 is 0.933 bits per heavy atom. The van der Waals surface area contributed by atoms with Crippen LogP contribution in [0.15, 0.2) is 73.4 Å². The lowest BCUT2D eigenvalue weighted by atomic mass is 10.1. The van der Waals surface area contributed by atoms with E-state index in [0.29, 0.717) is 0 Å². The van der Waals surface area contributed by atoms with Crippen LogP contribution in [0.4, 0.5) is 0 Å². The Kier molecular flexibility index (Phi) is 5.03. The van der Waals surface area contributed by atoms with Crippen LogP contribution in [0.5, 0.6) is 0 Å². The van der Waals surface area contributed by atoms with Gasteiger partial charge in [-0.25, -0.2) is 9.50 Å². The van der Waals surface area contributed by atoms with Gasteiger partial charge in [0, 0.05) is 63.4 Å². The average Bonchev–Trinajstić information content (AvgIpc) is 3.43. The molecule has 1 amide bonds. The Hall–Kier alpha value is -3.45. The van der Waals surface area contributed by atoms with Gasteiger partial charge in [-0.1, -0.05) is 18.2 Å². The molecule has 0 bridgehead atoms. The number of hydrogen-bond donors (Lipinski definition) is 0. The first-order valence-corrected chi connectivity index (χ1v) is 10.2. The number of piperazine rings is 1. The number of pyridine rings is 1. The Balaban J connectivity index is 1.16. The molecule has 0 saturated carbocycles. The zero-order chi connectivity index (χ0) is 20.3. The van der Waals surface area contributed by atoms with Gasteiger partial charge in [0.25, 0.3) is 5.91 Å². The fraction of sp³-hybridized carbons (Fsp3) is 0.261. The Bertz CT molecular complexity index is 1090. The number of aromatic nitrogens is 4. The third-order valence-corrected chi connectivity index (χ3v) is 5.59. The van der Waals surface area contributed by atoms with Crippen LogP contribution in [0.2, 0.25) is 0 Å². The molecule has 1 saturated heterocycles. The second-order valence-electron chi connectivity index (χ2n) is 7.71. The molecule has 0 aliphatic carbocycles. The maximum Gasteiger partial charge on any atom is 0.253 e. The second-order valence-corrected chi connectivity index (χ2v) is 7.71. The Labute approximate surface area is 175 Å². The summed E-state index contributed by atoms with van der Waals surface area (Å²) >= 11 is 0. The lowest BCUT2D eigenvalue weighted by molar-refractivity contribution is 0.0627. The first kappa shape index (κ1) is 18.6. The molecule has 0 N–H and O–H groups in total. The van der Waals surface area contributed by atoms with Crippen molar-refractivity contribution in [2.45, 2.75) is 13.1 Å². The molecule has 3 aromatic heterocycles. The molecule has 0 unspecified atom stereocenters. The Morgan fingerprint density at radius 3 is 2.50 bits per heavy atom. The Morgan fingerprint density at radius 2 is 1.77 bits per heavy atom. The molecular weight excluding hydrogens is 376 g/mol. The van der Waals surface area contributed by atoms with Crippen LogP contribution in [0.25, 0.3) is 5.52 Å². The van der Waals surface area contributed by atoms with E-state index in [9.17, 15) is 4.79 Å². The van der Waals surface area contributed by atoms with Crippen molar-refractivity contribution >= 4 is 11.4 Å². The van der Waals surface area contributed by atoms with Gasteiger partial charge in [-0.3, -0.25) is 9.69 Å². The van der Waals surface area contributed by atoms with Crippen LogP contribution in [-0.2, 0) is 13.1 Å². The van der Waals surface area contributed by atoms with E-state index in [2.05, 4.69) is 27.1 Å². The molecule has 30 heavy (non-hydrogen) atoms. The van der Waals surface area contributed by atoms with E-state index in [1.165, 1.54) is 0 Å². The van der Waals surface area contributed by atoms with Crippen LogP contribution < -0.4 is 0 Å². The molecule has 1 fully saturated rings. The lowest BCUT2D eigenvalue weighted by Gasteiger charge is -2.34. The summed E-state index contributed by atoms with van der Waals surface area (Å²) in [4.78, 5) is 21.3. The number of carbonyl (C=O) groups is 1. The number of benzene rings is 1. The van der Waals surface area contributed by atoms with Crippen molar-refractivity contribution < 1.29 is 4.79 Å². The summed E-state index contributed by atoms with van der Waals surface area (Å²) in [6.07, 6.45) is 7.47. The number of imidazole rings is 1. The number of hydrogen-bond acceptors (Lipinski definition) is 4. The minimum absolute atomic E-state index is 0.108. The number of nitrogens with zero attached hydrogens (tertiary/aromatic N) is 6. The highest BCUT2D eigenvalue weighted by Crippen LogP contribution is 2.14. The highest BCUT2D eigenvalue weighted by atomic mass is 16.2. The molecular formula is C23H24N6O. The highest BCUT2D eigenvalue weighted by molar-refractivity contribution is 5.94. The zero-order valence-corrected chi connectivity index (χ0v) is 16.8. The van der Waals surface area contributed by atoms with Gasteiger partial charge in [0.15, 0.2) is 0 Å². The molecule has 1 aliphatic heterocycles. The number of fused-ring (bicyclic) bond motifs is 1. The number of rotatable bonds is 5. The standard InChI is InChI=1S/C23H24N6O/c30-23(20-6-4-19(5-7-20)16-27-10-8-24-18-27)28-13-11-26(12-14-28)17-21-15-22-3-1-2-9-29(22)25-21/h1-10,15,18H,11-14,16-17H2. The number of amides is 1. The van der Waals surface area contributed by atoms with Crippen LogP contribution in [0.3, 0.4) is 0 Å². The van der Waals surface area contributed by atoms with Gasteiger partial charge >= 0.3 is 0 Å². The summed E-state index contributed by atoms with van der Waals surface area (Å²) in [6, 6.07) is 16.1. The highest BCUT2D eigenvalue weighted by Gasteiger charge is 2.22. The molecule has 152 valence electrons. The van der Waals surface area contributed by atoms with Crippen LogP contribution in [0.1, 0.15) is 21.6 Å². The summed E-state index contributed by atoms with van der Waals surface area (Å²) in [5, 5.41) is 4.63. The van der Waals surface area contributed by atoms with Gasteiger partial charge in [0.1, 0.15) is 0 Å². The second kappa shape index (κ2) is 8.12. The van der Waals surface area contributed by atoms with E-state index in [1.54, 1.807) is 12.5 Å². The lowest BCUT2D eigenvalue weighted by Crippen LogP contribution is -2.48. The van der Waals surface area contributed by atoms with Crippen molar-refractivity contribution in [3.8, 4) is 0 Å². The van der Waals surface area contributed by atoms with Gasteiger partial charge in [-0.15, -0.1) is 0 Å². The topological polar surface area (TPSA) is 58.7 Å². The quantitative estimate of drug-likeness (QED) is 0.517. The molecule has 5 rings (SSSR count). The first-order chi connectivity index (χ1) is 14.7. The molecule has 1 aromatic carbocycles. The van der Waals surface area contributed by atoms with Crippen molar-refractivity contribution in [2.75, 3.05) is 26.2 Å². The van der Waals surface area contributed by atoms with Crippen molar-refractivity contribution in [2.24, 2.45) is 0 Å². The van der Waals surface area contributed by atoms with E-state index in [1.807, 2.05) is 62.8 Å². The molecule has 4 heterocycles. The zero-order valence-electron chi connectivity index (χ0n) is 16.8. The first-order valence-electron chi connectivity index (χ1n) is 10.2. The monoisotopic (exact) mass is 400 g/mol. The molecule has 0 spiro atoms.